The Morgan fingerprint density at radius 2 is 1.62 bits per heavy atom. The Morgan fingerprint density at radius 1 is 1.05 bits per heavy atom. The van der Waals surface area contributed by atoms with Gasteiger partial charge in [0.15, 0.2) is 5.78 Å². The van der Waals surface area contributed by atoms with Gasteiger partial charge in [-0.3, -0.25) is 14.1 Å². The van der Waals surface area contributed by atoms with Crippen LogP contribution in [0.1, 0.15) is 69.1 Å². The first kappa shape index (κ1) is 30.1. The van der Waals surface area contributed by atoms with E-state index in [1.807, 2.05) is 0 Å². The van der Waals surface area contributed by atoms with Gasteiger partial charge in [0.05, 0.1) is 29.5 Å². The summed E-state index contributed by atoms with van der Waals surface area (Å²) in [5.41, 5.74) is 2.31. The standard InChI is InChI=1S/C30H39FN2O5SSi/c1-17(2)40(18(3)4,19(5)6)38-30-25-24(27(33(7)39(8,36)37)22-10-9-15-32-26(22)30)28(34)23(29(25)35)16-20-11-13-21(31)14-12-20/h9-15,17-19,23,28,34H,16H2,1-8H3. The zero-order chi connectivity index (χ0) is 29.7. The maximum atomic E-state index is 14.3. The van der Waals surface area contributed by atoms with Crippen LogP contribution in [0.5, 0.6) is 5.75 Å². The van der Waals surface area contributed by atoms with E-state index in [9.17, 15) is 22.7 Å². The lowest BCUT2D eigenvalue weighted by atomic mass is 9.93. The van der Waals surface area contributed by atoms with Gasteiger partial charge < -0.3 is 9.53 Å². The second kappa shape index (κ2) is 10.9. The predicted molar refractivity (Wildman–Crippen MR) is 160 cm³/mol. The number of anilines is 1. The van der Waals surface area contributed by atoms with Crippen LogP contribution in [0.4, 0.5) is 10.1 Å². The van der Waals surface area contributed by atoms with E-state index in [4.69, 9.17) is 4.43 Å². The molecule has 0 saturated heterocycles. The van der Waals surface area contributed by atoms with Crippen molar-refractivity contribution in [2.45, 2.75) is 70.7 Å². The molecule has 10 heteroatoms. The third-order valence-electron chi connectivity index (χ3n) is 8.46. The van der Waals surface area contributed by atoms with Gasteiger partial charge >= 0.3 is 0 Å². The molecule has 1 N–H and O–H groups in total. The smallest absolute Gasteiger partial charge is 0.258 e. The van der Waals surface area contributed by atoms with Gasteiger partial charge in [-0.25, -0.2) is 12.8 Å². The minimum Gasteiger partial charge on any atom is -0.541 e. The monoisotopic (exact) mass is 586 g/mol. The third kappa shape index (κ3) is 4.94. The van der Waals surface area contributed by atoms with Gasteiger partial charge in [-0.05, 0) is 52.9 Å². The van der Waals surface area contributed by atoms with E-state index >= 15 is 0 Å². The summed E-state index contributed by atoms with van der Waals surface area (Å²) in [6.07, 6.45) is 1.54. The van der Waals surface area contributed by atoms with Crippen molar-refractivity contribution in [1.29, 1.82) is 0 Å². The van der Waals surface area contributed by atoms with E-state index in [0.717, 1.165) is 10.6 Å². The molecule has 0 radical (unpaired) electrons. The van der Waals surface area contributed by atoms with E-state index < -0.39 is 36.2 Å². The summed E-state index contributed by atoms with van der Waals surface area (Å²) >= 11 is 0. The van der Waals surface area contributed by atoms with Crippen molar-refractivity contribution in [3.05, 3.63) is 65.1 Å². The summed E-state index contributed by atoms with van der Waals surface area (Å²) in [4.78, 5) is 18.9. The number of Topliss-reactive ketones (excluding diaryl/α,β-unsaturated/α-hetero) is 1. The van der Waals surface area contributed by atoms with Crippen molar-refractivity contribution < 1.29 is 27.1 Å². The molecular formula is C30H39FN2O5SSi. The maximum absolute atomic E-state index is 14.3. The maximum Gasteiger partial charge on any atom is 0.258 e. The van der Waals surface area contributed by atoms with Gasteiger partial charge in [0.25, 0.3) is 8.32 Å². The van der Waals surface area contributed by atoms with Crippen LogP contribution in [0.2, 0.25) is 16.6 Å². The number of carbonyl (C=O) groups is 1. The highest BCUT2D eigenvalue weighted by molar-refractivity contribution is 7.92. The number of sulfonamides is 1. The first-order chi connectivity index (χ1) is 18.6. The van der Waals surface area contributed by atoms with E-state index in [2.05, 4.69) is 46.5 Å². The van der Waals surface area contributed by atoms with E-state index in [0.29, 0.717) is 22.2 Å². The number of aliphatic hydroxyl groups is 1. The molecule has 4 rings (SSSR count). The van der Waals surface area contributed by atoms with Gasteiger partial charge in [0.2, 0.25) is 10.0 Å². The van der Waals surface area contributed by atoms with Crippen LogP contribution in [-0.2, 0) is 16.4 Å². The van der Waals surface area contributed by atoms with Crippen molar-refractivity contribution in [2.24, 2.45) is 5.92 Å². The lowest BCUT2D eigenvalue weighted by Gasteiger charge is -2.43. The van der Waals surface area contributed by atoms with Gasteiger partial charge in [-0.15, -0.1) is 0 Å². The molecule has 1 heterocycles. The number of pyridine rings is 1. The number of nitrogens with zero attached hydrogens (tertiary/aromatic N) is 2. The zero-order valence-corrected chi connectivity index (χ0v) is 26.2. The normalized spacial score (nSPS) is 17.8. The molecule has 2 aromatic carbocycles. The zero-order valence-electron chi connectivity index (χ0n) is 24.4. The second-order valence-electron chi connectivity index (χ2n) is 11.8. The summed E-state index contributed by atoms with van der Waals surface area (Å²) in [5.74, 6) is -1.31. The average Bonchev–Trinajstić information content (AvgIpc) is 3.11. The Bertz CT molecular complexity index is 1520. The Kier molecular flexibility index (Phi) is 8.19. The summed E-state index contributed by atoms with van der Waals surface area (Å²) in [7, 11) is -4.97. The number of aliphatic hydroxyl groups excluding tert-OH is 1. The second-order valence-corrected chi connectivity index (χ2v) is 19.2. The number of hydrogen-bond donors (Lipinski definition) is 1. The number of benzene rings is 2. The highest BCUT2D eigenvalue weighted by Crippen LogP contribution is 2.53. The third-order valence-corrected chi connectivity index (χ3v) is 15.6. The SMILES string of the molecule is CC(C)[Si](Oc1c2c(c(N(C)S(C)(=O)=O)c3cccnc13)C(O)C(Cc1ccc(F)cc1)C2=O)(C(C)C)C(C)C. The highest BCUT2D eigenvalue weighted by atomic mass is 32.2. The van der Waals surface area contributed by atoms with Crippen LogP contribution in [0.15, 0.2) is 42.6 Å². The molecule has 7 nitrogen and oxygen atoms in total. The van der Waals surface area contributed by atoms with Crippen molar-refractivity contribution in [1.82, 2.24) is 4.98 Å². The fourth-order valence-corrected chi connectivity index (χ4v) is 12.3. The molecule has 1 aliphatic rings. The molecule has 1 aliphatic carbocycles. The van der Waals surface area contributed by atoms with Crippen LogP contribution in [0, 0.1) is 11.7 Å². The molecule has 2 unspecified atom stereocenters. The Labute approximate surface area is 237 Å². The van der Waals surface area contributed by atoms with Crippen molar-refractivity contribution in [2.75, 3.05) is 17.6 Å². The van der Waals surface area contributed by atoms with Crippen molar-refractivity contribution in [3.8, 4) is 5.75 Å². The molecule has 3 aromatic rings. The Hall–Kier alpha value is -2.82. The molecule has 0 amide bonds. The summed E-state index contributed by atoms with van der Waals surface area (Å²) in [6.45, 7) is 12.8. The summed E-state index contributed by atoms with van der Waals surface area (Å²) in [5, 5.41) is 12.2. The number of carbonyl (C=O) groups excluding carboxylic acids is 1. The quantitative estimate of drug-likeness (QED) is 0.291. The minimum absolute atomic E-state index is 0.154. The molecule has 1 aromatic heterocycles. The topological polar surface area (TPSA) is 96.8 Å². The van der Waals surface area contributed by atoms with E-state index in [1.165, 1.54) is 19.2 Å². The first-order valence-corrected chi connectivity index (χ1v) is 17.7. The van der Waals surface area contributed by atoms with Crippen LogP contribution in [0.3, 0.4) is 0 Å². The Morgan fingerprint density at radius 3 is 2.15 bits per heavy atom. The van der Waals surface area contributed by atoms with Gasteiger partial charge in [0, 0.05) is 24.2 Å². The minimum atomic E-state index is -3.77. The van der Waals surface area contributed by atoms with Crippen LogP contribution < -0.4 is 8.73 Å². The average molecular weight is 587 g/mol. The van der Waals surface area contributed by atoms with Gasteiger partial charge in [-0.2, -0.15) is 0 Å². The van der Waals surface area contributed by atoms with Crippen LogP contribution in [0.25, 0.3) is 10.9 Å². The number of fused-ring (bicyclic) bond motifs is 2. The lowest BCUT2D eigenvalue weighted by Crippen LogP contribution is -2.51. The molecule has 0 fully saturated rings. The fourth-order valence-electron chi connectivity index (χ4n) is 6.56. The lowest BCUT2D eigenvalue weighted by molar-refractivity contribution is 0.0757. The molecular weight excluding hydrogens is 547 g/mol. The number of halogens is 1. The molecule has 2 atom stereocenters. The number of aromatic nitrogens is 1. The van der Waals surface area contributed by atoms with Crippen LogP contribution >= 0.6 is 0 Å². The predicted octanol–water partition coefficient (Wildman–Crippen LogP) is 6.41. The van der Waals surface area contributed by atoms with Crippen LogP contribution in [-0.4, -0.2) is 45.9 Å². The number of rotatable bonds is 9. The molecule has 216 valence electrons. The largest absolute Gasteiger partial charge is 0.541 e. The first-order valence-electron chi connectivity index (χ1n) is 13.7. The number of hydrogen-bond acceptors (Lipinski definition) is 6. The molecule has 0 aliphatic heterocycles. The summed E-state index contributed by atoms with van der Waals surface area (Å²) in [6, 6.07) is 9.27. The van der Waals surface area contributed by atoms with Crippen molar-refractivity contribution in [3.63, 3.8) is 0 Å². The Balaban J connectivity index is 2.07. The fraction of sp³-hybridized carbons (Fsp3) is 0.467. The van der Waals surface area contributed by atoms with Gasteiger partial charge in [0.1, 0.15) is 17.1 Å². The molecule has 40 heavy (non-hydrogen) atoms. The summed E-state index contributed by atoms with van der Waals surface area (Å²) < 4.78 is 47.5. The number of ketones is 1. The molecule has 0 spiro atoms. The highest BCUT2D eigenvalue weighted by Gasteiger charge is 2.51. The van der Waals surface area contributed by atoms with E-state index in [-0.39, 0.29) is 45.6 Å². The van der Waals surface area contributed by atoms with Gasteiger partial charge in [-0.1, -0.05) is 53.7 Å². The van der Waals surface area contributed by atoms with E-state index in [1.54, 1.807) is 30.5 Å². The van der Waals surface area contributed by atoms with Crippen molar-refractivity contribution >= 4 is 40.7 Å². The molecule has 0 bridgehead atoms. The molecule has 0 saturated carbocycles.